The van der Waals surface area contributed by atoms with Crippen molar-refractivity contribution in [2.24, 2.45) is 0 Å². The lowest BCUT2D eigenvalue weighted by atomic mass is 10.1. The van der Waals surface area contributed by atoms with Crippen LogP contribution in [0.5, 0.6) is 0 Å². The lowest BCUT2D eigenvalue weighted by Gasteiger charge is -2.13. The van der Waals surface area contributed by atoms with Crippen LogP contribution in [0.2, 0.25) is 0 Å². The summed E-state index contributed by atoms with van der Waals surface area (Å²) >= 11 is 0. The minimum Gasteiger partial charge on any atom is -0.352 e. The molecule has 2 aromatic carbocycles. The lowest BCUT2D eigenvalue weighted by molar-refractivity contribution is -0.122. The van der Waals surface area contributed by atoms with Gasteiger partial charge in [0.2, 0.25) is 11.7 Å². The molecule has 10 nitrogen and oxygen atoms in total. The molecule has 1 unspecified atom stereocenters. The zero-order valence-corrected chi connectivity index (χ0v) is 21.6. The van der Waals surface area contributed by atoms with Crippen LogP contribution in [0, 0.1) is 0 Å². The van der Waals surface area contributed by atoms with Crippen molar-refractivity contribution in [2.75, 3.05) is 0 Å². The number of fused-ring (bicyclic) bond motifs is 3. The number of carbonyl (C=O) groups excluding carboxylic acids is 2. The first-order chi connectivity index (χ1) is 18.4. The Morgan fingerprint density at radius 3 is 2.53 bits per heavy atom. The summed E-state index contributed by atoms with van der Waals surface area (Å²) in [5.74, 6) is -0.474. The van der Waals surface area contributed by atoms with Gasteiger partial charge in [-0.1, -0.05) is 50.1 Å². The quantitative estimate of drug-likeness (QED) is 0.373. The largest absolute Gasteiger partial charge is 0.352 e. The first kappa shape index (κ1) is 25.4. The fourth-order valence-corrected chi connectivity index (χ4v) is 4.97. The smallest absolute Gasteiger partial charge is 0.352 e. The van der Waals surface area contributed by atoms with Crippen LogP contribution in [-0.2, 0) is 17.9 Å². The number of nitrogens with one attached hydrogen (secondary N) is 2. The van der Waals surface area contributed by atoms with Gasteiger partial charge < -0.3 is 10.6 Å². The molecule has 2 N–H and O–H groups in total. The van der Waals surface area contributed by atoms with Gasteiger partial charge in [0.15, 0.2) is 0 Å². The third-order valence-electron chi connectivity index (χ3n) is 7.23. The van der Waals surface area contributed by atoms with Crippen molar-refractivity contribution < 1.29 is 9.59 Å². The third kappa shape index (κ3) is 4.98. The van der Waals surface area contributed by atoms with E-state index < -0.39 is 5.69 Å². The monoisotopic (exact) mass is 516 g/mol. The summed E-state index contributed by atoms with van der Waals surface area (Å²) in [7, 11) is 0. The van der Waals surface area contributed by atoms with Gasteiger partial charge in [0, 0.05) is 17.6 Å². The van der Waals surface area contributed by atoms with E-state index in [0.717, 1.165) is 42.3 Å². The van der Waals surface area contributed by atoms with Crippen LogP contribution in [0.3, 0.4) is 0 Å². The molecule has 4 aromatic rings. The number of rotatable bonds is 8. The van der Waals surface area contributed by atoms with Crippen molar-refractivity contribution in [3.8, 4) is 0 Å². The van der Waals surface area contributed by atoms with Crippen LogP contribution in [0.15, 0.2) is 58.1 Å². The van der Waals surface area contributed by atoms with Crippen LogP contribution in [0.4, 0.5) is 0 Å². The van der Waals surface area contributed by atoms with E-state index in [4.69, 9.17) is 0 Å². The van der Waals surface area contributed by atoms with Gasteiger partial charge in [-0.25, -0.2) is 13.9 Å². The predicted octanol–water partition coefficient (Wildman–Crippen LogP) is 2.45. The summed E-state index contributed by atoms with van der Waals surface area (Å²) in [6.07, 6.45) is 4.81. The molecule has 2 amide bonds. The van der Waals surface area contributed by atoms with E-state index in [2.05, 4.69) is 15.7 Å². The maximum absolute atomic E-state index is 13.7. The maximum Gasteiger partial charge on any atom is 0.352 e. The Morgan fingerprint density at radius 1 is 1.08 bits per heavy atom. The number of hydrogen-bond donors (Lipinski definition) is 2. The van der Waals surface area contributed by atoms with E-state index in [0.29, 0.717) is 5.56 Å². The number of aromatic nitrogens is 4. The third-order valence-corrected chi connectivity index (χ3v) is 7.23. The summed E-state index contributed by atoms with van der Waals surface area (Å²) in [5.41, 5.74) is 0.617. The van der Waals surface area contributed by atoms with Gasteiger partial charge in [-0.2, -0.15) is 0 Å². The molecule has 1 aliphatic carbocycles. The van der Waals surface area contributed by atoms with Crippen molar-refractivity contribution in [2.45, 2.75) is 71.1 Å². The molecular formula is C28H32N6O4. The molecule has 1 fully saturated rings. The van der Waals surface area contributed by atoms with Gasteiger partial charge in [-0.05, 0) is 49.9 Å². The second kappa shape index (κ2) is 10.6. The summed E-state index contributed by atoms with van der Waals surface area (Å²) in [4.78, 5) is 52.8. The van der Waals surface area contributed by atoms with Crippen molar-refractivity contribution >= 4 is 28.5 Å². The highest BCUT2D eigenvalue weighted by atomic mass is 16.2. The highest BCUT2D eigenvalue weighted by Gasteiger charge is 2.22. The van der Waals surface area contributed by atoms with Crippen LogP contribution < -0.4 is 21.9 Å². The zero-order valence-electron chi connectivity index (χ0n) is 21.6. The van der Waals surface area contributed by atoms with Crippen molar-refractivity contribution in [1.29, 1.82) is 0 Å². The van der Waals surface area contributed by atoms with Gasteiger partial charge in [0.25, 0.3) is 11.5 Å². The molecule has 1 atom stereocenters. The second-order valence-corrected chi connectivity index (χ2v) is 10.0. The van der Waals surface area contributed by atoms with Gasteiger partial charge in [0.05, 0.1) is 17.4 Å². The SMILES string of the molecule is CCC(C)NC(=O)Cn1nc2n(Cc3ccccc3)c(=O)c3ccc(C(=O)NC4CCCC4)cc3n2c1=O. The Bertz CT molecular complexity index is 1610. The van der Waals surface area contributed by atoms with Gasteiger partial charge in [0.1, 0.15) is 6.54 Å². The average molecular weight is 517 g/mol. The molecule has 1 saturated carbocycles. The van der Waals surface area contributed by atoms with Crippen LogP contribution in [0.1, 0.15) is 61.9 Å². The first-order valence-corrected chi connectivity index (χ1v) is 13.2. The first-order valence-electron chi connectivity index (χ1n) is 13.2. The molecule has 198 valence electrons. The Morgan fingerprint density at radius 2 is 1.82 bits per heavy atom. The fourth-order valence-electron chi connectivity index (χ4n) is 4.97. The van der Waals surface area contributed by atoms with Crippen LogP contribution in [-0.4, -0.2) is 42.6 Å². The lowest BCUT2D eigenvalue weighted by Crippen LogP contribution is -2.37. The van der Waals surface area contributed by atoms with Crippen LogP contribution in [0.25, 0.3) is 16.7 Å². The molecule has 10 heteroatoms. The Balaban J connectivity index is 1.64. The Labute approximate surface area is 219 Å². The van der Waals surface area contributed by atoms with E-state index in [9.17, 15) is 19.2 Å². The summed E-state index contributed by atoms with van der Waals surface area (Å²) in [6, 6.07) is 14.2. The minimum atomic E-state index is -0.556. The number of amides is 2. The molecule has 0 spiro atoms. The molecule has 0 saturated heterocycles. The van der Waals surface area contributed by atoms with Crippen molar-refractivity contribution in [1.82, 2.24) is 29.4 Å². The number of carbonyl (C=O) groups is 2. The summed E-state index contributed by atoms with van der Waals surface area (Å²) < 4.78 is 3.82. The zero-order chi connectivity index (χ0) is 26.8. The van der Waals surface area contributed by atoms with Gasteiger partial charge >= 0.3 is 5.69 Å². The normalized spacial score (nSPS) is 14.7. The fraction of sp³-hybridized carbons (Fsp3) is 0.393. The number of nitrogens with zero attached hydrogens (tertiary/aromatic N) is 4. The minimum absolute atomic E-state index is 0.0479. The summed E-state index contributed by atoms with van der Waals surface area (Å²) in [5, 5.41) is 10.6. The predicted molar refractivity (Wildman–Crippen MR) is 144 cm³/mol. The van der Waals surface area contributed by atoms with E-state index in [1.807, 2.05) is 44.2 Å². The van der Waals surface area contributed by atoms with Crippen molar-refractivity contribution in [3.63, 3.8) is 0 Å². The van der Waals surface area contributed by atoms with E-state index in [-0.39, 0.29) is 59.2 Å². The highest BCUT2D eigenvalue weighted by Crippen LogP contribution is 2.19. The van der Waals surface area contributed by atoms with E-state index in [1.54, 1.807) is 18.2 Å². The number of hydrogen-bond acceptors (Lipinski definition) is 5. The highest BCUT2D eigenvalue weighted by molar-refractivity contribution is 5.98. The standard InChI is InChI=1S/C28H32N6O4/c1-3-18(2)29-24(35)17-33-28(38)34-23-15-20(25(36)30-21-11-7-8-12-21)13-14-22(23)26(37)32(27(34)31-33)16-19-9-5-4-6-10-19/h4-6,9-10,13-15,18,21H,3,7-8,11-12,16-17H2,1-2H3,(H,29,35)(H,30,36). The molecule has 1 aliphatic rings. The molecule has 0 bridgehead atoms. The number of benzene rings is 2. The molecule has 0 radical (unpaired) electrons. The molecule has 2 aromatic heterocycles. The Hall–Kier alpha value is -4.21. The molecular weight excluding hydrogens is 484 g/mol. The molecule has 0 aliphatic heterocycles. The van der Waals surface area contributed by atoms with Gasteiger partial charge in [-0.15, -0.1) is 5.10 Å². The summed E-state index contributed by atoms with van der Waals surface area (Å²) in [6.45, 7) is 3.75. The van der Waals surface area contributed by atoms with E-state index in [1.165, 1.54) is 8.97 Å². The molecule has 38 heavy (non-hydrogen) atoms. The van der Waals surface area contributed by atoms with Crippen LogP contribution >= 0.6 is 0 Å². The topological polar surface area (TPSA) is 120 Å². The van der Waals surface area contributed by atoms with Gasteiger partial charge in [-0.3, -0.25) is 19.0 Å². The Kier molecular flexibility index (Phi) is 7.13. The van der Waals surface area contributed by atoms with E-state index >= 15 is 0 Å². The molecule has 2 heterocycles. The average Bonchev–Trinajstić information content (AvgIpc) is 3.54. The van der Waals surface area contributed by atoms with Crippen molar-refractivity contribution in [3.05, 3.63) is 80.5 Å². The second-order valence-electron chi connectivity index (χ2n) is 10.0. The molecule has 5 rings (SSSR count). The maximum atomic E-state index is 13.7.